The SMILES string of the molecule is CCOc1ccccc1NC(=O)C(=O)NC[C@H](c1ccco1)N1CCc2ccccc21. The second-order valence-electron chi connectivity index (χ2n) is 7.20. The van der Waals surface area contributed by atoms with E-state index in [1.807, 2.05) is 37.3 Å². The summed E-state index contributed by atoms with van der Waals surface area (Å²) in [5.41, 5.74) is 2.84. The number of fused-ring (bicyclic) bond motifs is 1. The Bertz CT molecular complexity index is 1050. The topological polar surface area (TPSA) is 83.8 Å². The van der Waals surface area contributed by atoms with Crippen molar-refractivity contribution < 1.29 is 18.7 Å². The number of carbonyl (C=O) groups is 2. The zero-order valence-corrected chi connectivity index (χ0v) is 17.3. The van der Waals surface area contributed by atoms with E-state index in [0.29, 0.717) is 18.0 Å². The van der Waals surface area contributed by atoms with Crippen molar-refractivity contribution in [1.29, 1.82) is 0 Å². The van der Waals surface area contributed by atoms with Crippen molar-refractivity contribution in [2.75, 3.05) is 29.9 Å². The number of hydrogen-bond donors (Lipinski definition) is 2. The third-order valence-electron chi connectivity index (χ3n) is 5.27. The summed E-state index contributed by atoms with van der Waals surface area (Å²) >= 11 is 0. The molecular formula is C24H25N3O4. The smallest absolute Gasteiger partial charge is 0.313 e. The monoisotopic (exact) mass is 419 g/mol. The molecule has 160 valence electrons. The molecule has 0 bridgehead atoms. The van der Waals surface area contributed by atoms with Crippen LogP contribution in [0.2, 0.25) is 0 Å². The molecular weight excluding hydrogens is 394 g/mol. The van der Waals surface area contributed by atoms with Crippen LogP contribution in [-0.4, -0.2) is 31.5 Å². The van der Waals surface area contributed by atoms with E-state index in [1.165, 1.54) is 5.56 Å². The van der Waals surface area contributed by atoms with Gasteiger partial charge in [-0.05, 0) is 49.2 Å². The minimum Gasteiger partial charge on any atom is -0.492 e. The Morgan fingerprint density at radius 1 is 1.06 bits per heavy atom. The number of rotatable bonds is 7. The summed E-state index contributed by atoms with van der Waals surface area (Å²) in [6.45, 7) is 3.37. The maximum absolute atomic E-state index is 12.5. The standard InChI is InChI=1S/C24H25N3O4/c1-2-30-21-11-6-4-9-18(21)26-24(29)23(28)25-16-20(22-12-7-15-31-22)27-14-13-17-8-3-5-10-19(17)27/h3-12,15,20H,2,13-14,16H2,1H3,(H,25,28)(H,26,29)/t20-/m1/s1. The number of para-hydroxylation sites is 3. The first-order chi connectivity index (χ1) is 15.2. The fourth-order valence-corrected chi connectivity index (χ4v) is 3.83. The molecule has 2 heterocycles. The Morgan fingerprint density at radius 2 is 1.87 bits per heavy atom. The molecule has 0 fully saturated rings. The zero-order valence-electron chi connectivity index (χ0n) is 17.3. The van der Waals surface area contributed by atoms with Crippen molar-refractivity contribution in [2.24, 2.45) is 0 Å². The summed E-state index contributed by atoms with van der Waals surface area (Å²) in [5, 5.41) is 5.38. The first-order valence-corrected chi connectivity index (χ1v) is 10.4. The molecule has 0 radical (unpaired) electrons. The van der Waals surface area contributed by atoms with Gasteiger partial charge in [0.25, 0.3) is 0 Å². The van der Waals surface area contributed by atoms with Crippen molar-refractivity contribution in [3.8, 4) is 5.75 Å². The molecule has 0 saturated heterocycles. The Balaban J connectivity index is 1.44. The molecule has 0 aliphatic carbocycles. The van der Waals surface area contributed by atoms with Crippen molar-refractivity contribution in [3.63, 3.8) is 0 Å². The predicted molar refractivity (Wildman–Crippen MR) is 118 cm³/mol. The van der Waals surface area contributed by atoms with Crippen LogP contribution in [0.1, 0.15) is 24.3 Å². The Hall–Kier alpha value is -3.74. The van der Waals surface area contributed by atoms with Gasteiger partial charge in [-0.3, -0.25) is 9.59 Å². The number of anilines is 2. The third kappa shape index (κ3) is 4.55. The third-order valence-corrected chi connectivity index (χ3v) is 5.27. The zero-order chi connectivity index (χ0) is 21.6. The van der Waals surface area contributed by atoms with E-state index in [1.54, 1.807) is 24.5 Å². The lowest BCUT2D eigenvalue weighted by Crippen LogP contribution is -2.41. The summed E-state index contributed by atoms with van der Waals surface area (Å²) in [6, 6.07) is 18.7. The van der Waals surface area contributed by atoms with E-state index in [2.05, 4.69) is 27.7 Å². The minimum atomic E-state index is -0.743. The summed E-state index contributed by atoms with van der Waals surface area (Å²) < 4.78 is 11.1. The fraction of sp³-hybridized carbons (Fsp3) is 0.250. The molecule has 4 rings (SSSR count). The summed E-state index contributed by atoms with van der Waals surface area (Å²) in [6.07, 6.45) is 2.54. The number of nitrogens with zero attached hydrogens (tertiary/aromatic N) is 1. The summed E-state index contributed by atoms with van der Waals surface area (Å²) in [5.74, 6) is -0.199. The van der Waals surface area contributed by atoms with Crippen LogP contribution in [0.5, 0.6) is 5.75 Å². The van der Waals surface area contributed by atoms with Crippen LogP contribution in [0.15, 0.2) is 71.3 Å². The van der Waals surface area contributed by atoms with E-state index < -0.39 is 11.8 Å². The van der Waals surface area contributed by atoms with Crippen molar-refractivity contribution >= 4 is 23.2 Å². The highest BCUT2D eigenvalue weighted by Gasteiger charge is 2.29. The predicted octanol–water partition coefficient (Wildman–Crippen LogP) is 3.54. The molecule has 2 N–H and O–H groups in total. The highest BCUT2D eigenvalue weighted by atomic mass is 16.5. The number of carbonyl (C=O) groups excluding carboxylic acids is 2. The van der Waals surface area contributed by atoms with E-state index in [0.717, 1.165) is 24.4 Å². The largest absolute Gasteiger partial charge is 0.492 e. The van der Waals surface area contributed by atoms with Gasteiger partial charge in [-0.2, -0.15) is 0 Å². The average molecular weight is 419 g/mol. The van der Waals surface area contributed by atoms with Crippen LogP contribution in [0.3, 0.4) is 0 Å². The van der Waals surface area contributed by atoms with Gasteiger partial charge in [0.05, 0.1) is 18.6 Å². The van der Waals surface area contributed by atoms with E-state index in [9.17, 15) is 9.59 Å². The number of benzene rings is 2. The highest BCUT2D eigenvalue weighted by Crippen LogP contribution is 2.35. The van der Waals surface area contributed by atoms with Crippen molar-refractivity contribution in [1.82, 2.24) is 5.32 Å². The minimum absolute atomic E-state index is 0.217. The van der Waals surface area contributed by atoms with Gasteiger partial charge in [-0.1, -0.05) is 30.3 Å². The van der Waals surface area contributed by atoms with Crippen LogP contribution in [0.4, 0.5) is 11.4 Å². The maximum atomic E-state index is 12.5. The fourth-order valence-electron chi connectivity index (χ4n) is 3.83. The van der Waals surface area contributed by atoms with Gasteiger partial charge in [0.15, 0.2) is 0 Å². The number of furan rings is 1. The van der Waals surface area contributed by atoms with Crippen LogP contribution in [0.25, 0.3) is 0 Å². The molecule has 2 amide bonds. The van der Waals surface area contributed by atoms with Gasteiger partial charge in [-0.15, -0.1) is 0 Å². The molecule has 1 aliphatic rings. The van der Waals surface area contributed by atoms with E-state index >= 15 is 0 Å². The molecule has 7 nitrogen and oxygen atoms in total. The second-order valence-corrected chi connectivity index (χ2v) is 7.20. The molecule has 2 aromatic carbocycles. The van der Waals surface area contributed by atoms with E-state index in [-0.39, 0.29) is 12.6 Å². The van der Waals surface area contributed by atoms with Gasteiger partial charge in [0.1, 0.15) is 17.6 Å². The molecule has 1 aromatic heterocycles. The lowest BCUT2D eigenvalue weighted by atomic mass is 10.1. The number of nitrogens with one attached hydrogen (secondary N) is 2. The van der Waals surface area contributed by atoms with Gasteiger partial charge in [-0.25, -0.2) is 0 Å². The molecule has 1 aliphatic heterocycles. The quantitative estimate of drug-likeness (QED) is 0.573. The van der Waals surface area contributed by atoms with E-state index in [4.69, 9.17) is 9.15 Å². The average Bonchev–Trinajstić information content (AvgIpc) is 3.46. The van der Waals surface area contributed by atoms with Crippen molar-refractivity contribution in [2.45, 2.75) is 19.4 Å². The first-order valence-electron chi connectivity index (χ1n) is 10.4. The van der Waals surface area contributed by atoms with Crippen LogP contribution >= 0.6 is 0 Å². The lowest BCUT2D eigenvalue weighted by Gasteiger charge is -2.29. The first kappa shape index (κ1) is 20.5. The number of hydrogen-bond acceptors (Lipinski definition) is 5. The van der Waals surface area contributed by atoms with Gasteiger partial charge >= 0.3 is 11.8 Å². The van der Waals surface area contributed by atoms with Crippen LogP contribution < -0.4 is 20.3 Å². The molecule has 31 heavy (non-hydrogen) atoms. The Morgan fingerprint density at radius 3 is 2.68 bits per heavy atom. The van der Waals surface area contributed by atoms with Gasteiger partial charge < -0.3 is 24.7 Å². The molecule has 0 saturated carbocycles. The summed E-state index contributed by atoms with van der Waals surface area (Å²) in [4.78, 5) is 27.2. The maximum Gasteiger partial charge on any atom is 0.313 e. The van der Waals surface area contributed by atoms with Crippen LogP contribution in [-0.2, 0) is 16.0 Å². The molecule has 0 spiro atoms. The Kier molecular flexibility index (Phi) is 6.21. The molecule has 3 aromatic rings. The second kappa shape index (κ2) is 9.38. The van der Waals surface area contributed by atoms with Gasteiger partial charge in [0, 0.05) is 18.8 Å². The summed E-state index contributed by atoms with van der Waals surface area (Å²) in [7, 11) is 0. The van der Waals surface area contributed by atoms with Crippen molar-refractivity contribution in [3.05, 3.63) is 78.3 Å². The Labute approximate surface area is 181 Å². The highest BCUT2D eigenvalue weighted by molar-refractivity contribution is 6.39. The molecule has 1 atom stereocenters. The lowest BCUT2D eigenvalue weighted by molar-refractivity contribution is -0.136. The number of ether oxygens (including phenoxy) is 1. The molecule has 0 unspecified atom stereocenters. The van der Waals surface area contributed by atoms with Crippen LogP contribution in [0, 0.1) is 0 Å². The molecule has 7 heteroatoms. The van der Waals surface area contributed by atoms with Gasteiger partial charge in [0.2, 0.25) is 0 Å². The number of amides is 2. The normalized spacial score (nSPS) is 13.4.